The molecule has 0 bridgehead atoms. The molecule has 116 valence electrons. The second kappa shape index (κ2) is 6.86. The lowest BCUT2D eigenvalue weighted by Gasteiger charge is -2.17. The summed E-state index contributed by atoms with van der Waals surface area (Å²) in [6.45, 7) is 0.470. The molecule has 0 radical (unpaired) electrons. The predicted octanol–water partition coefficient (Wildman–Crippen LogP) is 2.83. The first-order valence-electron chi connectivity index (χ1n) is 7.10. The van der Waals surface area contributed by atoms with Crippen LogP contribution < -0.4 is 15.8 Å². The van der Waals surface area contributed by atoms with Gasteiger partial charge in [-0.25, -0.2) is 0 Å². The zero-order valence-corrected chi connectivity index (χ0v) is 13.3. The van der Waals surface area contributed by atoms with Crippen molar-refractivity contribution in [1.82, 2.24) is 5.32 Å². The van der Waals surface area contributed by atoms with Gasteiger partial charge in [-0.15, -0.1) is 12.4 Å². The van der Waals surface area contributed by atoms with Gasteiger partial charge >= 0.3 is 0 Å². The largest absolute Gasteiger partial charge is 0.491 e. The maximum Gasteiger partial charge on any atom is 0.220 e. The lowest BCUT2D eigenvalue weighted by molar-refractivity contribution is -0.122. The zero-order chi connectivity index (χ0) is 14.1. The quantitative estimate of drug-likeness (QED) is 0.895. The minimum Gasteiger partial charge on any atom is -0.491 e. The Hall–Kier alpha value is -0.970. The van der Waals surface area contributed by atoms with Gasteiger partial charge in [-0.05, 0) is 37.0 Å². The van der Waals surface area contributed by atoms with Gasteiger partial charge in [-0.2, -0.15) is 0 Å². The summed E-state index contributed by atoms with van der Waals surface area (Å²) in [6.07, 6.45) is 3.72. The van der Waals surface area contributed by atoms with Crippen LogP contribution in [0.25, 0.3) is 0 Å². The molecule has 0 saturated heterocycles. The van der Waals surface area contributed by atoms with Crippen LogP contribution in [0.2, 0.25) is 5.02 Å². The third-order valence-electron chi connectivity index (χ3n) is 4.25. The van der Waals surface area contributed by atoms with Crippen LogP contribution in [0.15, 0.2) is 18.2 Å². The highest BCUT2D eigenvalue weighted by molar-refractivity contribution is 6.30. The number of benzene rings is 1. The van der Waals surface area contributed by atoms with Crippen molar-refractivity contribution in [2.75, 3.05) is 6.61 Å². The van der Waals surface area contributed by atoms with Gasteiger partial charge in [0.1, 0.15) is 12.4 Å². The van der Waals surface area contributed by atoms with Gasteiger partial charge in [0.05, 0.1) is 6.04 Å². The fourth-order valence-corrected chi connectivity index (χ4v) is 3.30. The summed E-state index contributed by atoms with van der Waals surface area (Å²) in [5, 5.41) is 3.69. The highest BCUT2D eigenvalue weighted by Gasteiger charge is 2.29. The molecule has 0 aromatic heterocycles. The number of hydrogen-bond donors (Lipinski definition) is 2. The van der Waals surface area contributed by atoms with E-state index < -0.39 is 0 Å². The first-order chi connectivity index (χ1) is 9.63. The lowest BCUT2D eigenvalue weighted by atomic mass is 9.99. The molecule has 21 heavy (non-hydrogen) atoms. The van der Waals surface area contributed by atoms with Crippen LogP contribution in [0, 0.1) is 5.92 Å². The Morgan fingerprint density at radius 3 is 2.95 bits per heavy atom. The van der Waals surface area contributed by atoms with Gasteiger partial charge in [-0.3, -0.25) is 4.79 Å². The summed E-state index contributed by atoms with van der Waals surface area (Å²) < 4.78 is 5.56. The average Bonchev–Trinajstić information content (AvgIpc) is 2.98. The molecule has 1 aliphatic heterocycles. The summed E-state index contributed by atoms with van der Waals surface area (Å²) >= 11 is 6.00. The summed E-state index contributed by atoms with van der Waals surface area (Å²) in [7, 11) is 0. The fourth-order valence-electron chi connectivity index (χ4n) is 3.12. The molecule has 1 heterocycles. The first-order valence-corrected chi connectivity index (χ1v) is 7.48. The minimum absolute atomic E-state index is 0. The van der Waals surface area contributed by atoms with Crippen molar-refractivity contribution < 1.29 is 9.53 Å². The van der Waals surface area contributed by atoms with Gasteiger partial charge in [-0.1, -0.05) is 18.0 Å². The van der Waals surface area contributed by atoms with Crippen LogP contribution in [-0.4, -0.2) is 18.6 Å². The van der Waals surface area contributed by atoms with Crippen molar-refractivity contribution >= 4 is 29.9 Å². The molecule has 1 aromatic carbocycles. The SMILES string of the molecule is Cl.N[C@@H]1CCC[C@H]1CC(=O)NC1COc2ccc(Cl)cc21. The summed E-state index contributed by atoms with van der Waals surface area (Å²) in [6, 6.07) is 5.56. The predicted molar refractivity (Wildman–Crippen MR) is 85.0 cm³/mol. The molecular formula is C15H20Cl2N2O2. The number of carbonyl (C=O) groups excluding carboxylic acids is 1. The summed E-state index contributed by atoms with van der Waals surface area (Å²) in [5.74, 6) is 1.17. The number of amides is 1. The second-order valence-electron chi connectivity index (χ2n) is 5.67. The van der Waals surface area contributed by atoms with Crippen molar-refractivity contribution in [2.45, 2.75) is 37.8 Å². The van der Waals surface area contributed by atoms with E-state index in [9.17, 15) is 4.79 Å². The third kappa shape index (κ3) is 3.62. The van der Waals surface area contributed by atoms with E-state index in [1.54, 1.807) is 6.07 Å². The summed E-state index contributed by atoms with van der Waals surface area (Å²) in [5.41, 5.74) is 6.97. The number of hydrogen-bond acceptors (Lipinski definition) is 3. The van der Waals surface area contributed by atoms with E-state index in [1.807, 2.05) is 12.1 Å². The Kier molecular flexibility index (Phi) is 5.36. The lowest BCUT2D eigenvalue weighted by Crippen LogP contribution is -2.34. The van der Waals surface area contributed by atoms with E-state index in [1.165, 1.54) is 0 Å². The van der Waals surface area contributed by atoms with E-state index in [4.69, 9.17) is 22.1 Å². The molecule has 1 amide bonds. The highest BCUT2D eigenvalue weighted by atomic mass is 35.5. The van der Waals surface area contributed by atoms with Crippen molar-refractivity contribution in [3.8, 4) is 5.75 Å². The van der Waals surface area contributed by atoms with Gasteiger partial charge in [0.2, 0.25) is 5.91 Å². The average molecular weight is 331 g/mol. The molecule has 1 aliphatic carbocycles. The maximum absolute atomic E-state index is 12.1. The van der Waals surface area contributed by atoms with Crippen molar-refractivity contribution in [3.05, 3.63) is 28.8 Å². The smallest absolute Gasteiger partial charge is 0.220 e. The van der Waals surface area contributed by atoms with Gasteiger partial charge in [0, 0.05) is 23.0 Å². The van der Waals surface area contributed by atoms with Crippen LogP contribution in [0.5, 0.6) is 5.75 Å². The van der Waals surface area contributed by atoms with E-state index in [0.29, 0.717) is 24.0 Å². The molecule has 4 nitrogen and oxygen atoms in total. The summed E-state index contributed by atoms with van der Waals surface area (Å²) in [4.78, 5) is 12.1. The molecule has 3 atom stereocenters. The molecule has 6 heteroatoms. The number of carbonyl (C=O) groups is 1. The number of nitrogens with one attached hydrogen (secondary N) is 1. The zero-order valence-electron chi connectivity index (χ0n) is 11.7. The monoisotopic (exact) mass is 330 g/mol. The number of nitrogens with two attached hydrogens (primary N) is 1. The standard InChI is InChI=1S/C15H19ClN2O2.ClH/c16-10-4-5-14-11(7-10)13(8-20-14)18-15(19)6-9-2-1-3-12(9)17;/h4-5,7,9,12-13H,1-3,6,8,17H2,(H,18,19);1H/t9-,12+,13?;/m0./s1. The van der Waals surface area contributed by atoms with Crippen LogP contribution in [-0.2, 0) is 4.79 Å². The van der Waals surface area contributed by atoms with E-state index in [2.05, 4.69) is 5.32 Å². The molecule has 0 spiro atoms. The molecule has 1 saturated carbocycles. The fraction of sp³-hybridized carbons (Fsp3) is 0.533. The molecule has 1 unspecified atom stereocenters. The number of fused-ring (bicyclic) bond motifs is 1. The topological polar surface area (TPSA) is 64.4 Å². The van der Waals surface area contributed by atoms with E-state index in [0.717, 1.165) is 30.6 Å². The molecule has 3 rings (SSSR count). The van der Waals surface area contributed by atoms with Gasteiger partial charge < -0.3 is 15.8 Å². The van der Waals surface area contributed by atoms with Crippen LogP contribution >= 0.6 is 24.0 Å². The Balaban J connectivity index is 0.00000161. The normalized spacial score (nSPS) is 26.7. The van der Waals surface area contributed by atoms with Crippen LogP contribution in [0.3, 0.4) is 0 Å². The van der Waals surface area contributed by atoms with E-state index in [-0.39, 0.29) is 30.4 Å². The van der Waals surface area contributed by atoms with Gasteiger partial charge in [0.25, 0.3) is 0 Å². The van der Waals surface area contributed by atoms with Crippen LogP contribution in [0.1, 0.15) is 37.3 Å². The number of rotatable bonds is 3. The molecular weight excluding hydrogens is 311 g/mol. The second-order valence-corrected chi connectivity index (χ2v) is 6.11. The number of ether oxygens (including phenoxy) is 1. The molecule has 1 aromatic rings. The van der Waals surface area contributed by atoms with E-state index >= 15 is 0 Å². The molecule has 3 N–H and O–H groups in total. The first kappa shape index (κ1) is 16.4. The van der Waals surface area contributed by atoms with Crippen molar-refractivity contribution in [1.29, 1.82) is 0 Å². The van der Waals surface area contributed by atoms with Gasteiger partial charge in [0.15, 0.2) is 0 Å². The Bertz CT molecular complexity index is 524. The Morgan fingerprint density at radius 1 is 1.43 bits per heavy atom. The Labute approximate surface area is 135 Å². The number of halogens is 2. The Morgan fingerprint density at radius 2 is 2.24 bits per heavy atom. The molecule has 1 fully saturated rings. The third-order valence-corrected chi connectivity index (χ3v) is 4.49. The molecule has 2 aliphatic rings. The maximum atomic E-state index is 12.1. The van der Waals surface area contributed by atoms with Crippen LogP contribution in [0.4, 0.5) is 0 Å². The minimum atomic E-state index is -0.103. The van der Waals surface area contributed by atoms with Crippen molar-refractivity contribution in [2.24, 2.45) is 11.7 Å². The van der Waals surface area contributed by atoms with Crippen molar-refractivity contribution in [3.63, 3.8) is 0 Å². The highest BCUT2D eigenvalue weighted by Crippen LogP contribution is 2.34.